The number of aliphatic hydroxyl groups excluding tert-OH is 1. The summed E-state index contributed by atoms with van der Waals surface area (Å²) in [5, 5.41) is 12.7. The van der Waals surface area contributed by atoms with Crippen LogP contribution in [0.25, 0.3) is 0 Å². The number of para-hydroxylation sites is 1. The molecule has 1 aliphatic rings. The average Bonchev–Trinajstić information content (AvgIpc) is 2.38. The zero-order chi connectivity index (χ0) is 13.0. The van der Waals surface area contributed by atoms with Crippen LogP contribution >= 0.6 is 12.4 Å². The van der Waals surface area contributed by atoms with Gasteiger partial charge in [0, 0.05) is 18.2 Å². The monoisotopic (exact) mass is 284 g/mol. The molecule has 1 amide bonds. The van der Waals surface area contributed by atoms with Crippen LogP contribution in [0.3, 0.4) is 0 Å². The summed E-state index contributed by atoms with van der Waals surface area (Å²) < 4.78 is 0. The van der Waals surface area contributed by atoms with Crippen LogP contribution in [0.1, 0.15) is 36.0 Å². The van der Waals surface area contributed by atoms with Gasteiger partial charge in [0.25, 0.3) is 5.91 Å². The molecule has 0 aliphatic heterocycles. The molecule has 1 aromatic carbocycles. The Morgan fingerprint density at radius 1 is 1.32 bits per heavy atom. The van der Waals surface area contributed by atoms with Gasteiger partial charge >= 0.3 is 0 Å². The molecule has 0 bridgehead atoms. The average molecular weight is 285 g/mol. The molecule has 0 heterocycles. The van der Waals surface area contributed by atoms with E-state index in [1.165, 1.54) is 0 Å². The number of hydrogen-bond donors (Lipinski definition) is 3. The van der Waals surface area contributed by atoms with Crippen LogP contribution in [0, 0.1) is 5.92 Å². The van der Waals surface area contributed by atoms with Gasteiger partial charge in [0.1, 0.15) is 0 Å². The van der Waals surface area contributed by atoms with Crippen LogP contribution in [0.2, 0.25) is 0 Å². The molecular weight excluding hydrogens is 264 g/mol. The third-order valence-corrected chi connectivity index (χ3v) is 3.60. The fourth-order valence-corrected chi connectivity index (χ4v) is 2.45. The van der Waals surface area contributed by atoms with Crippen LogP contribution in [0.15, 0.2) is 24.3 Å². The van der Waals surface area contributed by atoms with E-state index in [9.17, 15) is 9.90 Å². The van der Waals surface area contributed by atoms with E-state index < -0.39 is 0 Å². The highest BCUT2D eigenvalue weighted by Crippen LogP contribution is 2.23. The first-order valence-corrected chi connectivity index (χ1v) is 6.49. The highest BCUT2D eigenvalue weighted by atomic mass is 35.5. The fourth-order valence-electron chi connectivity index (χ4n) is 2.45. The van der Waals surface area contributed by atoms with Crippen molar-refractivity contribution in [3.05, 3.63) is 29.8 Å². The second kappa shape index (κ2) is 7.36. The highest BCUT2D eigenvalue weighted by Gasteiger charge is 2.23. The molecule has 1 aliphatic carbocycles. The van der Waals surface area contributed by atoms with Crippen molar-refractivity contribution in [2.24, 2.45) is 5.92 Å². The second-order valence-electron chi connectivity index (χ2n) is 4.91. The van der Waals surface area contributed by atoms with Crippen molar-refractivity contribution < 1.29 is 9.90 Å². The molecule has 0 spiro atoms. The van der Waals surface area contributed by atoms with Crippen LogP contribution < -0.4 is 11.1 Å². The van der Waals surface area contributed by atoms with Gasteiger partial charge in [-0.2, -0.15) is 0 Å². The topological polar surface area (TPSA) is 75.4 Å². The van der Waals surface area contributed by atoms with E-state index in [1.807, 2.05) is 0 Å². The summed E-state index contributed by atoms with van der Waals surface area (Å²) in [6.07, 6.45) is 3.74. The molecule has 5 heteroatoms. The number of aliphatic hydroxyl groups is 1. The smallest absolute Gasteiger partial charge is 0.253 e. The summed E-state index contributed by atoms with van der Waals surface area (Å²) in [5.74, 6) is 0.0125. The van der Waals surface area contributed by atoms with E-state index >= 15 is 0 Å². The summed E-state index contributed by atoms with van der Waals surface area (Å²) in [4.78, 5) is 11.9. The lowest BCUT2D eigenvalue weighted by Crippen LogP contribution is -2.36. The number of halogens is 1. The minimum Gasteiger partial charge on any atom is -0.398 e. The Morgan fingerprint density at radius 2 is 2.00 bits per heavy atom. The lowest BCUT2D eigenvalue weighted by atomic mass is 9.86. The highest BCUT2D eigenvalue weighted by molar-refractivity contribution is 5.99. The van der Waals surface area contributed by atoms with Gasteiger partial charge in [0.2, 0.25) is 0 Å². The summed E-state index contributed by atoms with van der Waals surface area (Å²) in [7, 11) is 0. The SMILES string of the molecule is Cl.Nc1ccccc1C(=O)NCC1CCCCC1O. The van der Waals surface area contributed by atoms with Gasteiger partial charge in [-0.25, -0.2) is 0 Å². The lowest BCUT2D eigenvalue weighted by molar-refractivity contribution is 0.0663. The summed E-state index contributed by atoms with van der Waals surface area (Å²) in [6.45, 7) is 0.522. The van der Waals surface area contributed by atoms with Gasteiger partial charge < -0.3 is 16.2 Å². The third-order valence-electron chi connectivity index (χ3n) is 3.60. The van der Waals surface area contributed by atoms with Crippen LogP contribution in [0.5, 0.6) is 0 Å². The number of carbonyl (C=O) groups is 1. The second-order valence-corrected chi connectivity index (χ2v) is 4.91. The van der Waals surface area contributed by atoms with E-state index in [-0.39, 0.29) is 30.3 Å². The normalized spacial score (nSPS) is 22.4. The zero-order valence-electron chi connectivity index (χ0n) is 10.8. The first-order valence-electron chi connectivity index (χ1n) is 6.49. The largest absolute Gasteiger partial charge is 0.398 e. The van der Waals surface area contributed by atoms with Crippen molar-refractivity contribution in [2.75, 3.05) is 12.3 Å². The van der Waals surface area contributed by atoms with Gasteiger partial charge in [-0.3, -0.25) is 4.79 Å². The Bertz CT molecular complexity index is 426. The van der Waals surface area contributed by atoms with Crippen molar-refractivity contribution in [1.29, 1.82) is 0 Å². The molecule has 1 saturated carbocycles. The zero-order valence-corrected chi connectivity index (χ0v) is 11.7. The first-order chi connectivity index (χ1) is 8.68. The molecule has 1 fully saturated rings. The number of benzene rings is 1. The number of hydrogen-bond acceptors (Lipinski definition) is 3. The number of rotatable bonds is 3. The Balaban J connectivity index is 0.00000180. The Kier molecular flexibility index (Phi) is 6.12. The maximum absolute atomic E-state index is 11.9. The standard InChI is InChI=1S/C14H20N2O2.ClH/c15-12-7-3-2-6-11(12)14(18)16-9-10-5-1-4-8-13(10)17;/h2-3,6-7,10,13,17H,1,4-5,8-9,15H2,(H,16,18);1H. The lowest BCUT2D eigenvalue weighted by Gasteiger charge is -2.27. The number of carbonyl (C=O) groups excluding carboxylic acids is 1. The van der Waals surface area contributed by atoms with E-state index in [0.29, 0.717) is 17.8 Å². The molecule has 4 nitrogen and oxygen atoms in total. The molecule has 0 radical (unpaired) electrons. The number of anilines is 1. The molecule has 2 rings (SSSR count). The van der Waals surface area contributed by atoms with Crippen LogP contribution in [-0.4, -0.2) is 23.7 Å². The Labute approximate surface area is 119 Å². The molecule has 2 atom stereocenters. The maximum Gasteiger partial charge on any atom is 0.253 e. The van der Waals surface area contributed by atoms with E-state index in [1.54, 1.807) is 24.3 Å². The van der Waals surface area contributed by atoms with Crippen LogP contribution in [0.4, 0.5) is 5.69 Å². The molecule has 106 valence electrons. The third kappa shape index (κ3) is 4.11. The summed E-state index contributed by atoms with van der Waals surface area (Å²) in [6, 6.07) is 7.02. The summed E-state index contributed by atoms with van der Waals surface area (Å²) in [5.41, 5.74) is 6.74. The predicted octanol–water partition coefficient (Wildman–Crippen LogP) is 1.97. The molecule has 2 unspecified atom stereocenters. The minimum atomic E-state index is -0.285. The minimum absolute atomic E-state index is 0. The van der Waals surface area contributed by atoms with Crippen molar-refractivity contribution in [3.63, 3.8) is 0 Å². The molecule has 1 aromatic rings. The maximum atomic E-state index is 11.9. The van der Waals surface area contributed by atoms with Crippen molar-refractivity contribution in [3.8, 4) is 0 Å². The number of amides is 1. The number of nitrogens with two attached hydrogens (primary N) is 1. The molecule has 19 heavy (non-hydrogen) atoms. The van der Waals surface area contributed by atoms with E-state index in [2.05, 4.69) is 5.32 Å². The molecule has 0 aromatic heterocycles. The predicted molar refractivity (Wildman–Crippen MR) is 78.4 cm³/mol. The van der Waals surface area contributed by atoms with Crippen molar-refractivity contribution in [2.45, 2.75) is 31.8 Å². The van der Waals surface area contributed by atoms with Gasteiger partial charge in [0.05, 0.1) is 11.7 Å². The molecule has 0 saturated heterocycles. The van der Waals surface area contributed by atoms with E-state index in [4.69, 9.17) is 5.73 Å². The number of nitrogens with one attached hydrogen (secondary N) is 1. The molecule has 4 N–H and O–H groups in total. The van der Waals surface area contributed by atoms with Gasteiger partial charge in [-0.1, -0.05) is 25.0 Å². The first kappa shape index (κ1) is 15.8. The van der Waals surface area contributed by atoms with Gasteiger partial charge in [-0.15, -0.1) is 12.4 Å². The summed E-state index contributed by atoms with van der Waals surface area (Å²) >= 11 is 0. The van der Waals surface area contributed by atoms with Crippen molar-refractivity contribution >= 4 is 24.0 Å². The number of nitrogen functional groups attached to an aromatic ring is 1. The van der Waals surface area contributed by atoms with Gasteiger partial charge in [0.15, 0.2) is 0 Å². The van der Waals surface area contributed by atoms with Gasteiger partial charge in [-0.05, 0) is 25.0 Å². The Hall–Kier alpha value is -1.26. The van der Waals surface area contributed by atoms with E-state index in [0.717, 1.165) is 25.7 Å². The molecular formula is C14H21ClN2O2. The fraction of sp³-hybridized carbons (Fsp3) is 0.500. The Morgan fingerprint density at radius 3 is 2.68 bits per heavy atom. The van der Waals surface area contributed by atoms with Crippen molar-refractivity contribution in [1.82, 2.24) is 5.32 Å². The van der Waals surface area contributed by atoms with Crippen LogP contribution in [-0.2, 0) is 0 Å². The quantitative estimate of drug-likeness (QED) is 0.743.